The molecule has 21 heavy (non-hydrogen) atoms. The van der Waals surface area contributed by atoms with Crippen LogP contribution in [0.15, 0.2) is 18.2 Å². The third-order valence-corrected chi connectivity index (χ3v) is 2.85. The van der Waals surface area contributed by atoms with Crippen LogP contribution in [0, 0.1) is 0 Å². The number of rotatable bonds is 9. The summed E-state index contributed by atoms with van der Waals surface area (Å²) in [7, 11) is 3.15. The number of carbonyl (C=O) groups excluding carboxylic acids is 1. The van der Waals surface area contributed by atoms with E-state index in [1.165, 1.54) is 7.11 Å². The van der Waals surface area contributed by atoms with Crippen LogP contribution in [0.3, 0.4) is 0 Å². The summed E-state index contributed by atoms with van der Waals surface area (Å²) in [5.41, 5.74) is 6.21. The van der Waals surface area contributed by atoms with Crippen LogP contribution in [0.5, 0.6) is 11.5 Å². The van der Waals surface area contributed by atoms with Crippen LogP contribution in [0.1, 0.15) is 12.0 Å². The Morgan fingerprint density at radius 2 is 2.00 bits per heavy atom. The van der Waals surface area contributed by atoms with E-state index in [4.69, 9.17) is 32.2 Å². The van der Waals surface area contributed by atoms with Crippen molar-refractivity contribution in [2.75, 3.05) is 34.0 Å². The van der Waals surface area contributed by atoms with Crippen molar-refractivity contribution in [2.45, 2.75) is 6.42 Å². The zero-order valence-electron chi connectivity index (χ0n) is 12.2. The molecule has 0 atom stereocenters. The quantitative estimate of drug-likeness (QED) is 0.520. The summed E-state index contributed by atoms with van der Waals surface area (Å²) in [5, 5.41) is 2.73. The van der Waals surface area contributed by atoms with Gasteiger partial charge in [0.05, 0.1) is 7.11 Å². The fourth-order valence-electron chi connectivity index (χ4n) is 1.56. The molecule has 0 aliphatic carbocycles. The first kappa shape index (κ1) is 17.2. The summed E-state index contributed by atoms with van der Waals surface area (Å²) >= 11 is 4.92. The third kappa shape index (κ3) is 6.42. The van der Waals surface area contributed by atoms with Crippen LogP contribution >= 0.6 is 12.2 Å². The molecule has 0 saturated carbocycles. The fourth-order valence-corrected chi connectivity index (χ4v) is 1.68. The number of nitrogens with one attached hydrogen (secondary N) is 1. The first-order chi connectivity index (χ1) is 10.1. The van der Waals surface area contributed by atoms with E-state index in [1.54, 1.807) is 25.3 Å². The average Bonchev–Trinajstić information content (AvgIpc) is 2.49. The van der Waals surface area contributed by atoms with E-state index in [0.717, 1.165) is 6.42 Å². The Morgan fingerprint density at radius 1 is 1.29 bits per heavy atom. The van der Waals surface area contributed by atoms with E-state index in [1.807, 2.05) is 0 Å². The molecule has 0 aromatic heterocycles. The van der Waals surface area contributed by atoms with Gasteiger partial charge in [-0.15, -0.1) is 0 Å². The van der Waals surface area contributed by atoms with Crippen molar-refractivity contribution in [1.29, 1.82) is 0 Å². The fraction of sp³-hybridized carbons (Fsp3) is 0.429. The lowest BCUT2D eigenvalue weighted by molar-refractivity contribution is -0.123. The summed E-state index contributed by atoms with van der Waals surface area (Å²) < 4.78 is 15.4. The molecule has 7 heteroatoms. The zero-order valence-corrected chi connectivity index (χ0v) is 13.0. The molecule has 0 heterocycles. The number of benzene rings is 1. The van der Waals surface area contributed by atoms with Crippen LogP contribution in [0.4, 0.5) is 0 Å². The number of ether oxygens (including phenoxy) is 3. The zero-order chi connectivity index (χ0) is 15.7. The number of methoxy groups -OCH3 is 2. The predicted molar refractivity (Wildman–Crippen MR) is 83.9 cm³/mol. The van der Waals surface area contributed by atoms with Gasteiger partial charge in [0.2, 0.25) is 0 Å². The van der Waals surface area contributed by atoms with Gasteiger partial charge in [-0.25, -0.2) is 0 Å². The van der Waals surface area contributed by atoms with Crippen molar-refractivity contribution < 1.29 is 19.0 Å². The molecule has 0 bridgehead atoms. The number of amides is 1. The SMILES string of the molecule is COCCCNC(=O)COc1cc(OC)cc(C(N)=S)c1. The molecule has 116 valence electrons. The molecule has 3 N–H and O–H groups in total. The molecule has 6 nitrogen and oxygen atoms in total. The van der Waals surface area contributed by atoms with Gasteiger partial charge in [0.15, 0.2) is 6.61 Å². The molecule has 1 aromatic carbocycles. The van der Waals surface area contributed by atoms with Crippen molar-refractivity contribution in [3.63, 3.8) is 0 Å². The van der Waals surface area contributed by atoms with Crippen molar-refractivity contribution in [2.24, 2.45) is 5.73 Å². The first-order valence-corrected chi connectivity index (χ1v) is 6.85. The molecule has 0 aliphatic heterocycles. The first-order valence-electron chi connectivity index (χ1n) is 6.44. The minimum atomic E-state index is -0.203. The minimum absolute atomic E-state index is 0.0864. The van der Waals surface area contributed by atoms with Gasteiger partial charge in [0.25, 0.3) is 5.91 Å². The van der Waals surface area contributed by atoms with Crippen molar-refractivity contribution in [3.05, 3.63) is 23.8 Å². The number of thiocarbonyl (C=S) groups is 1. The second-order valence-electron chi connectivity index (χ2n) is 4.25. The molecular formula is C14H20N2O4S. The van der Waals surface area contributed by atoms with E-state index in [-0.39, 0.29) is 17.5 Å². The molecular weight excluding hydrogens is 292 g/mol. The van der Waals surface area contributed by atoms with Gasteiger partial charge in [-0.1, -0.05) is 12.2 Å². The van der Waals surface area contributed by atoms with Crippen LogP contribution in [-0.2, 0) is 9.53 Å². The Balaban J connectivity index is 2.52. The smallest absolute Gasteiger partial charge is 0.257 e. The van der Waals surface area contributed by atoms with E-state index in [0.29, 0.717) is 30.2 Å². The molecule has 0 unspecified atom stereocenters. The standard InChI is InChI=1S/C14H20N2O4S/c1-18-5-3-4-16-13(17)9-20-12-7-10(14(15)21)6-11(8-12)19-2/h6-8H,3-5,9H2,1-2H3,(H2,15,21)(H,16,17). The number of hydrogen-bond acceptors (Lipinski definition) is 5. The second kappa shape index (κ2) is 9.15. The third-order valence-electron chi connectivity index (χ3n) is 2.62. The average molecular weight is 312 g/mol. The topological polar surface area (TPSA) is 82.8 Å². The predicted octanol–water partition coefficient (Wildman–Crippen LogP) is 0.861. The molecule has 1 rings (SSSR count). The highest BCUT2D eigenvalue weighted by atomic mass is 32.1. The molecule has 0 aliphatic rings. The van der Waals surface area contributed by atoms with Crippen LogP contribution in [0.2, 0.25) is 0 Å². The summed E-state index contributed by atoms with van der Waals surface area (Å²) in [5.74, 6) is 0.839. The largest absolute Gasteiger partial charge is 0.497 e. The number of nitrogens with two attached hydrogens (primary N) is 1. The number of hydrogen-bond donors (Lipinski definition) is 2. The Morgan fingerprint density at radius 3 is 2.62 bits per heavy atom. The maximum Gasteiger partial charge on any atom is 0.257 e. The molecule has 1 aromatic rings. The van der Waals surface area contributed by atoms with Gasteiger partial charge < -0.3 is 25.3 Å². The maximum absolute atomic E-state index is 11.6. The van der Waals surface area contributed by atoms with Crippen LogP contribution < -0.4 is 20.5 Å². The Hall–Kier alpha value is -1.86. The van der Waals surface area contributed by atoms with Crippen molar-refractivity contribution >= 4 is 23.1 Å². The lowest BCUT2D eigenvalue weighted by Gasteiger charge is -2.10. The van der Waals surface area contributed by atoms with Gasteiger partial charge in [-0.2, -0.15) is 0 Å². The Bertz CT molecular complexity index is 494. The van der Waals surface area contributed by atoms with E-state index >= 15 is 0 Å². The van der Waals surface area contributed by atoms with E-state index < -0.39 is 0 Å². The lowest BCUT2D eigenvalue weighted by atomic mass is 10.2. The minimum Gasteiger partial charge on any atom is -0.497 e. The van der Waals surface area contributed by atoms with Crippen molar-refractivity contribution in [3.8, 4) is 11.5 Å². The Labute approximate surface area is 129 Å². The lowest BCUT2D eigenvalue weighted by Crippen LogP contribution is -2.30. The van der Waals surface area contributed by atoms with Gasteiger partial charge in [-0.3, -0.25) is 4.79 Å². The highest BCUT2D eigenvalue weighted by Crippen LogP contribution is 2.22. The van der Waals surface area contributed by atoms with E-state index in [9.17, 15) is 4.79 Å². The van der Waals surface area contributed by atoms with E-state index in [2.05, 4.69) is 5.32 Å². The molecule has 1 amide bonds. The highest BCUT2D eigenvalue weighted by molar-refractivity contribution is 7.80. The summed E-state index contributed by atoms with van der Waals surface area (Å²) in [6, 6.07) is 5.04. The molecule has 0 saturated heterocycles. The normalized spacial score (nSPS) is 10.0. The van der Waals surface area contributed by atoms with Gasteiger partial charge >= 0.3 is 0 Å². The van der Waals surface area contributed by atoms with Gasteiger partial charge in [0, 0.05) is 31.9 Å². The molecule has 0 fully saturated rings. The summed E-state index contributed by atoms with van der Waals surface area (Å²) in [6.07, 6.45) is 0.757. The van der Waals surface area contributed by atoms with Gasteiger partial charge in [-0.05, 0) is 18.6 Å². The van der Waals surface area contributed by atoms with Crippen LogP contribution in [-0.4, -0.2) is 44.9 Å². The second-order valence-corrected chi connectivity index (χ2v) is 4.69. The monoisotopic (exact) mass is 312 g/mol. The number of carbonyl (C=O) groups is 1. The van der Waals surface area contributed by atoms with Gasteiger partial charge in [0.1, 0.15) is 16.5 Å². The van der Waals surface area contributed by atoms with Crippen molar-refractivity contribution in [1.82, 2.24) is 5.32 Å². The molecule has 0 radical (unpaired) electrons. The molecule has 0 spiro atoms. The maximum atomic E-state index is 11.6. The Kier molecular flexibility index (Phi) is 7.49. The summed E-state index contributed by atoms with van der Waals surface area (Å²) in [6.45, 7) is 1.07. The van der Waals surface area contributed by atoms with Crippen LogP contribution in [0.25, 0.3) is 0 Å². The highest BCUT2D eigenvalue weighted by Gasteiger charge is 2.07. The summed E-state index contributed by atoms with van der Waals surface area (Å²) in [4.78, 5) is 11.8.